The molecule has 0 bridgehead atoms. The van der Waals surface area contributed by atoms with Crippen molar-refractivity contribution in [1.82, 2.24) is 0 Å². The molecule has 0 spiro atoms. The van der Waals surface area contributed by atoms with Crippen molar-refractivity contribution in [3.63, 3.8) is 0 Å². The van der Waals surface area contributed by atoms with Gasteiger partial charge in [0.15, 0.2) is 0 Å². The quantitative estimate of drug-likeness (QED) is 0.200. The molecular formula is C43H31NO. The fourth-order valence-electron chi connectivity index (χ4n) is 6.43. The maximum atomic E-state index is 6.55. The fourth-order valence-corrected chi connectivity index (χ4v) is 6.43. The maximum absolute atomic E-state index is 6.55. The van der Waals surface area contributed by atoms with Gasteiger partial charge in [-0.3, -0.25) is 0 Å². The van der Waals surface area contributed by atoms with Gasteiger partial charge in [-0.1, -0.05) is 127 Å². The summed E-state index contributed by atoms with van der Waals surface area (Å²) in [6, 6.07) is 53.3. The SMILES string of the molecule is CC1=C(c2cc(-c3cccc(-c4ccccc4)c3)cc3oc4ccccc4c23)N=C(c2ccccc2)C=C(c2ccccc2)C1. The van der Waals surface area contributed by atoms with Gasteiger partial charge in [0.05, 0.1) is 11.4 Å². The maximum Gasteiger partial charge on any atom is 0.136 e. The van der Waals surface area contributed by atoms with Crippen LogP contribution in [-0.2, 0) is 0 Å². The molecule has 1 aromatic heterocycles. The molecule has 0 fully saturated rings. The highest BCUT2D eigenvalue weighted by atomic mass is 16.3. The molecule has 1 aliphatic heterocycles. The molecule has 7 aromatic rings. The topological polar surface area (TPSA) is 25.5 Å². The molecule has 0 N–H and O–H groups in total. The Kier molecular flexibility index (Phi) is 6.81. The zero-order valence-electron chi connectivity index (χ0n) is 25.1. The van der Waals surface area contributed by atoms with Gasteiger partial charge < -0.3 is 4.42 Å². The van der Waals surface area contributed by atoms with Crippen molar-refractivity contribution in [2.45, 2.75) is 13.3 Å². The number of hydrogen-bond donors (Lipinski definition) is 0. The van der Waals surface area contributed by atoms with E-state index in [1.165, 1.54) is 27.8 Å². The number of benzene rings is 6. The van der Waals surface area contributed by atoms with E-state index in [-0.39, 0.29) is 0 Å². The molecule has 45 heavy (non-hydrogen) atoms. The minimum atomic E-state index is 0.796. The number of aliphatic imine (C=N–C) groups is 1. The van der Waals surface area contributed by atoms with Crippen molar-refractivity contribution in [3.8, 4) is 22.3 Å². The molecule has 214 valence electrons. The van der Waals surface area contributed by atoms with Crippen LogP contribution in [0.4, 0.5) is 0 Å². The highest BCUT2D eigenvalue weighted by Crippen LogP contribution is 2.42. The molecule has 0 amide bonds. The summed E-state index contributed by atoms with van der Waals surface area (Å²) < 4.78 is 6.55. The van der Waals surface area contributed by atoms with Crippen molar-refractivity contribution in [2.24, 2.45) is 4.99 Å². The van der Waals surface area contributed by atoms with Gasteiger partial charge in [-0.25, -0.2) is 4.99 Å². The first-order chi connectivity index (χ1) is 22.2. The van der Waals surface area contributed by atoms with Gasteiger partial charge in [0.25, 0.3) is 0 Å². The first-order valence-electron chi connectivity index (χ1n) is 15.4. The Hall–Kier alpha value is -5.73. The number of hydrogen-bond acceptors (Lipinski definition) is 2. The third-order valence-corrected chi connectivity index (χ3v) is 8.65. The van der Waals surface area contributed by atoms with Crippen LogP contribution in [0.5, 0.6) is 0 Å². The van der Waals surface area contributed by atoms with Gasteiger partial charge in [-0.2, -0.15) is 0 Å². The number of nitrogens with zero attached hydrogens (tertiary/aromatic N) is 1. The van der Waals surface area contributed by atoms with Crippen LogP contribution in [-0.4, -0.2) is 5.71 Å². The first kappa shape index (κ1) is 26.9. The Labute approximate surface area is 263 Å². The Morgan fingerprint density at radius 2 is 1.11 bits per heavy atom. The average Bonchev–Trinajstić information content (AvgIpc) is 3.39. The number of para-hydroxylation sites is 1. The number of rotatable bonds is 5. The second-order valence-corrected chi connectivity index (χ2v) is 11.6. The lowest BCUT2D eigenvalue weighted by atomic mass is 9.92. The lowest BCUT2D eigenvalue weighted by Crippen LogP contribution is -1.98. The minimum absolute atomic E-state index is 0.796. The van der Waals surface area contributed by atoms with Crippen molar-refractivity contribution >= 4 is 38.9 Å². The summed E-state index contributed by atoms with van der Waals surface area (Å²) in [7, 11) is 0. The smallest absolute Gasteiger partial charge is 0.136 e. The average molecular weight is 578 g/mol. The molecular weight excluding hydrogens is 546 g/mol. The molecule has 2 heteroatoms. The lowest BCUT2D eigenvalue weighted by molar-refractivity contribution is 0.669. The summed E-state index contributed by atoms with van der Waals surface area (Å²) in [6.45, 7) is 2.22. The van der Waals surface area contributed by atoms with E-state index in [4.69, 9.17) is 9.41 Å². The van der Waals surface area contributed by atoms with E-state index in [1.807, 2.05) is 6.07 Å². The van der Waals surface area contributed by atoms with Crippen molar-refractivity contribution < 1.29 is 4.42 Å². The van der Waals surface area contributed by atoms with Crippen molar-refractivity contribution in [3.05, 3.63) is 180 Å². The molecule has 0 aliphatic carbocycles. The Bertz CT molecular complexity index is 2270. The summed E-state index contributed by atoms with van der Waals surface area (Å²) in [5.41, 5.74) is 14.2. The van der Waals surface area contributed by atoms with E-state index < -0.39 is 0 Å². The lowest BCUT2D eigenvalue weighted by Gasteiger charge is -2.13. The Morgan fingerprint density at radius 1 is 0.511 bits per heavy atom. The van der Waals surface area contributed by atoms with E-state index >= 15 is 0 Å². The zero-order chi connectivity index (χ0) is 30.2. The van der Waals surface area contributed by atoms with Crippen LogP contribution >= 0.6 is 0 Å². The van der Waals surface area contributed by atoms with E-state index in [1.54, 1.807) is 0 Å². The molecule has 6 aromatic carbocycles. The van der Waals surface area contributed by atoms with Gasteiger partial charge in [0, 0.05) is 21.9 Å². The van der Waals surface area contributed by atoms with Gasteiger partial charge in [0.1, 0.15) is 11.2 Å². The van der Waals surface area contributed by atoms with Crippen LogP contribution in [0, 0.1) is 0 Å². The van der Waals surface area contributed by atoms with Gasteiger partial charge in [0.2, 0.25) is 0 Å². The van der Waals surface area contributed by atoms with Crippen LogP contribution < -0.4 is 0 Å². The van der Waals surface area contributed by atoms with Crippen molar-refractivity contribution in [1.29, 1.82) is 0 Å². The third kappa shape index (κ3) is 5.11. The normalized spacial score (nSPS) is 13.5. The van der Waals surface area contributed by atoms with Crippen LogP contribution in [0.2, 0.25) is 0 Å². The summed E-state index contributed by atoms with van der Waals surface area (Å²) >= 11 is 0. The van der Waals surface area contributed by atoms with Crippen molar-refractivity contribution in [2.75, 3.05) is 0 Å². The van der Waals surface area contributed by atoms with Gasteiger partial charge in [-0.05, 0) is 82.6 Å². The second kappa shape index (κ2) is 11.4. The zero-order valence-corrected chi connectivity index (χ0v) is 25.1. The molecule has 2 nitrogen and oxygen atoms in total. The third-order valence-electron chi connectivity index (χ3n) is 8.65. The predicted molar refractivity (Wildman–Crippen MR) is 189 cm³/mol. The standard InChI is InChI=1S/C43H31NO/c1-29-24-35(31-16-7-3-8-17-31)27-39(32-18-9-4-10-19-32)44-43(29)38-26-36(28-41-42(38)37-22-11-12-23-40(37)45-41)34-21-13-20-33(25-34)30-14-5-2-6-15-30/h2-23,25-28H,24H2,1H3. The van der Waals surface area contributed by atoms with Crippen LogP contribution in [0.1, 0.15) is 30.0 Å². The Balaban J connectivity index is 1.38. The number of furan rings is 1. The summed E-state index contributed by atoms with van der Waals surface area (Å²) in [6.07, 6.45) is 3.06. The molecule has 0 radical (unpaired) electrons. The number of fused-ring (bicyclic) bond motifs is 3. The molecule has 0 unspecified atom stereocenters. The molecule has 0 saturated carbocycles. The second-order valence-electron chi connectivity index (χ2n) is 11.6. The summed E-state index contributed by atoms with van der Waals surface area (Å²) in [5.74, 6) is 0. The van der Waals surface area contributed by atoms with E-state index in [2.05, 4.69) is 159 Å². The fraction of sp³-hybridized carbons (Fsp3) is 0.0465. The first-order valence-corrected chi connectivity index (χ1v) is 15.4. The molecule has 0 saturated heterocycles. The largest absolute Gasteiger partial charge is 0.456 e. The van der Waals surface area contributed by atoms with E-state index in [9.17, 15) is 0 Å². The van der Waals surface area contributed by atoms with Crippen LogP contribution in [0.3, 0.4) is 0 Å². The minimum Gasteiger partial charge on any atom is -0.456 e. The van der Waals surface area contributed by atoms with E-state index in [0.717, 1.165) is 62.0 Å². The molecule has 1 aliphatic rings. The highest BCUT2D eigenvalue weighted by Gasteiger charge is 2.21. The van der Waals surface area contributed by atoms with Gasteiger partial charge in [-0.15, -0.1) is 0 Å². The van der Waals surface area contributed by atoms with E-state index in [0.29, 0.717) is 0 Å². The van der Waals surface area contributed by atoms with Crippen LogP contribution in [0.15, 0.2) is 173 Å². The van der Waals surface area contributed by atoms with Gasteiger partial charge >= 0.3 is 0 Å². The predicted octanol–water partition coefficient (Wildman–Crippen LogP) is 11.6. The monoisotopic (exact) mass is 577 g/mol. The van der Waals surface area contributed by atoms with Crippen LogP contribution in [0.25, 0.3) is 55.5 Å². The Morgan fingerprint density at radius 3 is 1.84 bits per heavy atom. The number of allylic oxidation sites excluding steroid dienone is 3. The molecule has 2 heterocycles. The summed E-state index contributed by atoms with van der Waals surface area (Å²) in [4.78, 5) is 5.49. The molecule has 0 atom stereocenters. The highest BCUT2D eigenvalue weighted by molar-refractivity contribution is 6.17. The molecule has 8 rings (SSSR count). The summed E-state index contributed by atoms with van der Waals surface area (Å²) in [5, 5.41) is 2.20.